The monoisotopic (exact) mass is 456 g/mol. The molecule has 8 nitrogen and oxygen atoms in total. The Balaban J connectivity index is 1.38. The molecule has 0 saturated carbocycles. The molecule has 174 valence electrons. The molecule has 1 unspecified atom stereocenters. The second kappa shape index (κ2) is 10.8. The first-order valence-corrected chi connectivity index (χ1v) is 11.5. The highest BCUT2D eigenvalue weighted by Crippen LogP contribution is 2.36. The topological polar surface area (TPSA) is 113 Å². The largest absolute Gasteiger partial charge is 0.491 e. The number of rotatable bonds is 9. The number of aromatic nitrogens is 3. The molecule has 3 aromatic rings. The van der Waals surface area contributed by atoms with E-state index in [0.29, 0.717) is 30.6 Å². The number of carbonyl (C=O) groups is 1. The van der Waals surface area contributed by atoms with Crippen LogP contribution in [0.15, 0.2) is 48.9 Å². The summed E-state index contributed by atoms with van der Waals surface area (Å²) in [4.78, 5) is 25.3. The van der Waals surface area contributed by atoms with Gasteiger partial charge in [0.2, 0.25) is 0 Å². The van der Waals surface area contributed by atoms with E-state index in [1.165, 1.54) is 11.9 Å². The van der Waals surface area contributed by atoms with E-state index < -0.39 is 0 Å². The molecular formula is C26H28N6O2. The molecule has 2 atom stereocenters. The number of nitriles is 1. The zero-order valence-electron chi connectivity index (χ0n) is 19.4. The number of nitrogens with zero attached hydrogens (tertiary/aromatic N) is 4. The standard InChI is InChI=1S/C26H28N6O2/c1-17(18(2)21-8-12-28-22-9-13-34-25(21)22)15-30-24-14-23(31-16-32-24)19-4-6-20(7-5-19)26(33)29-11-3-10-27/h4-8,12,14,16-18H,3,9,11,13,15H2,1-2H3,(H,29,33)(H,30,31,32)/t17-,18?/m1/s1. The molecule has 34 heavy (non-hydrogen) atoms. The predicted octanol–water partition coefficient (Wildman–Crippen LogP) is 3.97. The van der Waals surface area contributed by atoms with E-state index in [0.717, 1.165) is 41.5 Å². The van der Waals surface area contributed by atoms with Crippen molar-refractivity contribution in [1.29, 1.82) is 5.26 Å². The van der Waals surface area contributed by atoms with E-state index in [-0.39, 0.29) is 12.3 Å². The number of hydrogen-bond donors (Lipinski definition) is 2. The Kier molecular flexibility index (Phi) is 7.33. The fourth-order valence-electron chi connectivity index (χ4n) is 3.95. The molecule has 0 bridgehead atoms. The number of anilines is 1. The van der Waals surface area contributed by atoms with Gasteiger partial charge in [-0.25, -0.2) is 9.97 Å². The first-order chi connectivity index (χ1) is 16.6. The van der Waals surface area contributed by atoms with Gasteiger partial charge in [-0.05, 0) is 30.0 Å². The van der Waals surface area contributed by atoms with Crippen molar-refractivity contribution < 1.29 is 9.53 Å². The number of ether oxygens (including phenoxy) is 1. The SMILES string of the molecule is CC(c1ccnc2c1OCC2)[C@H](C)CNc1cc(-c2ccc(C(=O)NCCC#N)cc2)ncn1. The highest BCUT2D eigenvalue weighted by atomic mass is 16.5. The van der Waals surface area contributed by atoms with Crippen molar-refractivity contribution in [2.45, 2.75) is 32.6 Å². The van der Waals surface area contributed by atoms with Crippen LogP contribution < -0.4 is 15.4 Å². The van der Waals surface area contributed by atoms with Gasteiger partial charge in [0.05, 0.1) is 30.5 Å². The van der Waals surface area contributed by atoms with Gasteiger partial charge in [-0.15, -0.1) is 0 Å². The number of fused-ring (bicyclic) bond motifs is 1. The summed E-state index contributed by atoms with van der Waals surface area (Å²) in [6.45, 7) is 6.21. The molecule has 2 aromatic heterocycles. The van der Waals surface area contributed by atoms with Crippen molar-refractivity contribution in [3.05, 3.63) is 65.7 Å². The van der Waals surface area contributed by atoms with Gasteiger partial charge in [0.1, 0.15) is 17.9 Å². The van der Waals surface area contributed by atoms with Crippen LogP contribution in [0, 0.1) is 17.2 Å². The second-order valence-corrected chi connectivity index (χ2v) is 8.45. The van der Waals surface area contributed by atoms with Gasteiger partial charge in [-0.1, -0.05) is 26.0 Å². The molecule has 1 aromatic carbocycles. The molecule has 1 aliphatic heterocycles. The van der Waals surface area contributed by atoms with Crippen molar-refractivity contribution in [2.75, 3.05) is 25.0 Å². The normalized spacial score (nSPS) is 13.8. The number of nitrogens with one attached hydrogen (secondary N) is 2. The maximum absolute atomic E-state index is 12.1. The minimum atomic E-state index is -0.194. The van der Waals surface area contributed by atoms with Gasteiger partial charge in [0.15, 0.2) is 0 Å². The Morgan fingerprint density at radius 3 is 2.79 bits per heavy atom. The van der Waals surface area contributed by atoms with Crippen LogP contribution in [-0.4, -0.2) is 40.6 Å². The molecule has 0 saturated heterocycles. The molecule has 0 radical (unpaired) electrons. The van der Waals surface area contributed by atoms with Gasteiger partial charge in [-0.2, -0.15) is 5.26 Å². The summed E-state index contributed by atoms with van der Waals surface area (Å²) in [5, 5.41) is 14.7. The smallest absolute Gasteiger partial charge is 0.251 e. The van der Waals surface area contributed by atoms with Crippen LogP contribution in [0.2, 0.25) is 0 Å². The zero-order valence-corrected chi connectivity index (χ0v) is 19.4. The molecule has 1 amide bonds. The number of hydrogen-bond acceptors (Lipinski definition) is 7. The first kappa shape index (κ1) is 23.2. The Morgan fingerprint density at radius 1 is 1.18 bits per heavy atom. The zero-order chi connectivity index (χ0) is 23.9. The molecule has 0 spiro atoms. The molecule has 1 aliphatic rings. The summed E-state index contributed by atoms with van der Waals surface area (Å²) in [6.07, 6.45) is 4.57. The average molecular weight is 457 g/mol. The lowest BCUT2D eigenvalue weighted by Gasteiger charge is -2.22. The highest BCUT2D eigenvalue weighted by Gasteiger charge is 2.24. The lowest BCUT2D eigenvalue weighted by molar-refractivity contribution is 0.0954. The number of benzene rings is 1. The third-order valence-corrected chi connectivity index (χ3v) is 6.18. The molecule has 4 rings (SSSR count). The number of amides is 1. The van der Waals surface area contributed by atoms with Crippen molar-refractivity contribution >= 4 is 11.7 Å². The highest BCUT2D eigenvalue weighted by molar-refractivity contribution is 5.94. The van der Waals surface area contributed by atoms with Crippen molar-refractivity contribution in [1.82, 2.24) is 20.3 Å². The van der Waals surface area contributed by atoms with Crippen molar-refractivity contribution in [3.63, 3.8) is 0 Å². The number of carbonyl (C=O) groups excluding carboxylic acids is 1. The van der Waals surface area contributed by atoms with Crippen LogP contribution in [0.3, 0.4) is 0 Å². The minimum absolute atomic E-state index is 0.194. The third-order valence-electron chi connectivity index (χ3n) is 6.18. The van der Waals surface area contributed by atoms with Crippen LogP contribution in [-0.2, 0) is 6.42 Å². The fraction of sp³-hybridized carbons (Fsp3) is 0.346. The molecule has 0 aliphatic carbocycles. The van der Waals surface area contributed by atoms with Crippen molar-refractivity contribution in [2.24, 2.45) is 5.92 Å². The summed E-state index contributed by atoms with van der Waals surface area (Å²) in [5.74, 6) is 2.15. The minimum Gasteiger partial charge on any atom is -0.491 e. The predicted molar refractivity (Wildman–Crippen MR) is 130 cm³/mol. The van der Waals surface area contributed by atoms with Gasteiger partial charge >= 0.3 is 0 Å². The third kappa shape index (κ3) is 5.31. The maximum atomic E-state index is 12.1. The summed E-state index contributed by atoms with van der Waals surface area (Å²) in [6, 6.07) is 13.2. The van der Waals surface area contributed by atoms with E-state index in [1.54, 1.807) is 12.1 Å². The average Bonchev–Trinajstić information content (AvgIpc) is 3.36. The molecule has 2 N–H and O–H groups in total. The second-order valence-electron chi connectivity index (χ2n) is 8.45. The van der Waals surface area contributed by atoms with E-state index in [9.17, 15) is 4.79 Å². The van der Waals surface area contributed by atoms with Crippen LogP contribution >= 0.6 is 0 Å². The van der Waals surface area contributed by atoms with Crippen LogP contribution in [0.25, 0.3) is 11.3 Å². The van der Waals surface area contributed by atoms with E-state index in [1.807, 2.05) is 30.5 Å². The van der Waals surface area contributed by atoms with Gasteiger partial charge in [-0.3, -0.25) is 9.78 Å². The Hall–Kier alpha value is -3.99. The number of pyridine rings is 1. The summed E-state index contributed by atoms with van der Waals surface area (Å²) in [5.41, 5.74) is 4.47. The summed E-state index contributed by atoms with van der Waals surface area (Å²) >= 11 is 0. The Bertz CT molecular complexity index is 1190. The first-order valence-electron chi connectivity index (χ1n) is 11.5. The molecule has 0 fully saturated rings. The van der Waals surface area contributed by atoms with Crippen molar-refractivity contribution in [3.8, 4) is 23.1 Å². The van der Waals surface area contributed by atoms with Gasteiger partial charge in [0.25, 0.3) is 5.91 Å². The van der Waals surface area contributed by atoms with E-state index >= 15 is 0 Å². The van der Waals surface area contributed by atoms with Crippen LogP contribution in [0.4, 0.5) is 5.82 Å². The molecular weight excluding hydrogens is 428 g/mol. The Labute approximate surface area is 199 Å². The maximum Gasteiger partial charge on any atom is 0.251 e. The fourth-order valence-corrected chi connectivity index (χ4v) is 3.95. The van der Waals surface area contributed by atoms with E-state index in [4.69, 9.17) is 10.00 Å². The van der Waals surface area contributed by atoms with Crippen LogP contribution in [0.1, 0.15) is 47.8 Å². The lowest BCUT2D eigenvalue weighted by atomic mass is 9.88. The van der Waals surface area contributed by atoms with E-state index in [2.05, 4.69) is 45.5 Å². The molecule has 8 heteroatoms. The summed E-state index contributed by atoms with van der Waals surface area (Å²) < 4.78 is 5.83. The van der Waals surface area contributed by atoms with Gasteiger partial charge < -0.3 is 15.4 Å². The van der Waals surface area contributed by atoms with Gasteiger partial charge in [0, 0.05) is 48.5 Å². The summed E-state index contributed by atoms with van der Waals surface area (Å²) in [7, 11) is 0. The molecule has 3 heterocycles. The lowest BCUT2D eigenvalue weighted by Crippen LogP contribution is -2.24. The Morgan fingerprint density at radius 2 is 2.00 bits per heavy atom. The van der Waals surface area contributed by atoms with Crippen LogP contribution in [0.5, 0.6) is 5.75 Å². The quantitative estimate of drug-likeness (QED) is 0.469.